The predicted octanol–water partition coefficient (Wildman–Crippen LogP) is 1.73. The number of benzene rings is 1. The molecule has 0 aliphatic carbocycles. The molecule has 1 aliphatic rings. The first-order valence-corrected chi connectivity index (χ1v) is 9.85. The molecule has 1 aliphatic heterocycles. The maximum absolute atomic E-state index is 12.9. The van der Waals surface area contributed by atoms with Crippen molar-refractivity contribution in [3.63, 3.8) is 0 Å². The molecule has 7 nitrogen and oxygen atoms in total. The number of aromatic amines is 1. The van der Waals surface area contributed by atoms with Crippen LogP contribution in [-0.2, 0) is 27.7 Å². The van der Waals surface area contributed by atoms with Crippen molar-refractivity contribution in [1.82, 2.24) is 9.97 Å². The fourth-order valence-electron chi connectivity index (χ4n) is 3.41. The summed E-state index contributed by atoms with van der Waals surface area (Å²) in [4.78, 5) is 21.9. The Balaban J connectivity index is 1.68. The molecule has 0 fully saturated rings. The van der Waals surface area contributed by atoms with Gasteiger partial charge in [-0.1, -0.05) is 6.07 Å². The van der Waals surface area contributed by atoms with Gasteiger partial charge in [0.1, 0.15) is 5.65 Å². The summed E-state index contributed by atoms with van der Waals surface area (Å²) in [5.74, 6) is -0.0812. The highest BCUT2D eigenvalue weighted by molar-refractivity contribution is 7.89. The van der Waals surface area contributed by atoms with Crippen LogP contribution in [0.3, 0.4) is 0 Å². The number of nitrogens with zero attached hydrogens (tertiary/aromatic N) is 2. The van der Waals surface area contributed by atoms with Crippen LogP contribution in [0.1, 0.15) is 17.5 Å². The number of fused-ring (bicyclic) bond motifs is 2. The van der Waals surface area contributed by atoms with Crippen molar-refractivity contribution in [2.24, 2.45) is 5.14 Å². The van der Waals surface area contributed by atoms with Crippen LogP contribution in [0.25, 0.3) is 11.0 Å². The maximum atomic E-state index is 12.9. The Morgan fingerprint density at radius 3 is 2.96 bits per heavy atom. The number of carbonyl (C=O) groups excluding carboxylic acids is 1. The lowest BCUT2D eigenvalue weighted by molar-refractivity contribution is -0.118. The topological polar surface area (TPSA) is 109 Å². The van der Waals surface area contributed by atoms with E-state index in [2.05, 4.69) is 9.97 Å². The van der Waals surface area contributed by atoms with Crippen LogP contribution >= 0.6 is 0 Å². The number of pyridine rings is 1. The number of carbonyl (C=O) groups is 1. The molecular weight excluding hydrogens is 352 g/mol. The third-order valence-corrected chi connectivity index (χ3v) is 5.59. The molecule has 0 bridgehead atoms. The monoisotopic (exact) mass is 370 g/mol. The number of aromatic nitrogens is 2. The minimum atomic E-state index is -3.82. The van der Waals surface area contributed by atoms with Crippen LogP contribution in [0.15, 0.2) is 47.6 Å². The number of H-pyrrole nitrogens is 1. The van der Waals surface area contributed by atoms with E-state index >= 15 is 0 Å². The fraction of sp³-hybridized carbons (Fsp3) is 0.222. The summed E-state index contributed by atoms with van der Waals surface area (Å²) in [5.41, 5.74) is 3.20. The first-order chi connectivity index (χ1) is 12.4. The van der Waals surface area contributed by atoms with Gasteiger partial charge in [0, 0.05) is 30.0 Å². The number of hydrogen-bond donors (Lipinski definition) is 2. The minimum Gasteiger partial charge on any atom is -0.346 e. The van der Waals surface area contributed by atoms with Crippen LogP contribution in [0, 0.1) is 0 Å². The summed E-state index contributed by atoms with van der Waals surface area (Å²) < 4.78 is 23.3. The predicted molar refractivity (Wildman–Crippen MR) is 98.3 cm³/mol. The number of anilines is 1. The van der Waals surface area contributed by atoms with E-state index in [-0.39, 0.29) is 17.2 Å². The van der Waals surface area contributed by atoms with Gasteiger partial charge in [0.25, 0.3) is 0 Å². The normalized spacial score (nSPS) is 14.4. The van der Waals surface area contributed by atoms with Crippen molar-refractivity contribution in [3.05, 3.63) is 53.9 Å². The van der Waals surface area contributed by atoms with E-state index < -0.39 is 10.0 Å². The summed E-state index contributed by atoms with van der Waals surface area (Å²) in [6.45, 7) is 0.556. The molecule has 0 saturated heterocycles. The number of sulfonamides is 1. The van der Waals surface area contributed by atoms with E-state index in [1.54, 1.807) is 23.4 Å². The first kappa shape index (κ1) is 16.7. The Morgan fingerprint density at radius 2 is 2.15 bits per heavy atom. The van der Waals surface area contributed by atoms with Crippen molar-refractivity contribution in [2.75, 3.05) is 11.4 Å². The van der Waals surface area contributed by atoms with Gasteiger partial charge in [-0.2, -0.15) is 0 Å². The van der Waals surface area contributed by atoms with Gasteiger partial charge in [-0.05, 0) is 48.2 Å². The zero-order valence-electron chi connectivity index (χ0n) is 14.0. The van der Waals surface area contributed by atoms with E-state index in [9.17, 15) is 13.2 Å². The highest BCUT2D eigenvalue weighted by Gasteiger charge is 2.25. The van der Waals surface area contributed by atoms with Gasteiger partial charge in [0.05, 0.1) is 11.3 Å². The second-order valence-corrected chi connectivity index (χ2v) is 7.94. The summed E-state index contributed by atoms with van der Waals surface area (Å²) in [5, 5.41) is 6.15. The number of aryl methyl sites for hydroxylation is 1. The molecule has 3 heterocycles. The molecule has 3 N–H and O–H groups in total. The minimum absolute atomic E-state index is 0.0206. The van der Waals surface area contributed by atoms with Crippen LogP contribution in [-0.4, -0.2) is 30.8 Å². The van der Waals surface area contributed by atoms with Crippen LogP contribution < -0.4 is 10.0 Å². The van der Waals surface area contributed by atoms with Crippen molar-refractivity contribution in [3.8, 4) is 0 Å². The van der Waals surface area contributed by atoms with E-state index in [0.717, 1.165) is 35.0 Å². The number of primary sulfonamides is 1. The number of nitrogens with one attached hydrogen (secondary N) is 1. The Hall–Kier alpha value is -2.71. The van der Waals surface area contributed by atoms with Crippen LogP contribution in [0.2, 0.25) is 0 Å². The molecule has 4 rings (SSSR count). The van der Waals surface area contributed by atoms with E-state index in [1.807, 2.05) is 12.1 Å². The Labute approximate surface area is 150 Å². The number of nitrogens with two attached hydrogens (primary N) is 1. The molecule has 134 valence electrons. The zero-order chi connectivity index (χ0) is 18.3. The molecule has 26 heavy (non-hydrogen) atoms. The largest absolute Gasteiger partial charge is 0.346 e. The lowest BCUT2D eigenvalue weighted by atomic mass is 10.0. The van der Waals surface area contributed by atoms with Crippen molar-refractivity contribution < 1.29 is 13.2 Å². The Morgan fingerprint density at radius 1 is 1.31 bits per heavy atom. The number of rotatable bonds is 3. The molecule has 0 radical (unpaired) electrons. The smallest absolute Gasteiger partial charge is 0.238 e. The number of amides is 1. The molecule has 1 aromatic carbocycles. The average molecular weight is 370 g/mol. The van der Waals surface area contributed by atoms with Crippen LogP contribution in [0.4, 0.5) is 5.69 Å². The molecule has 1 amide bonds. The van der Waals surface area contributed by atoms with Gasteiger partial charge < -0.3 is 9.88 Å². The fourth-order valence-corrected chi connectivity index (χ4v) is 3.94. The average Bonchev–Trinajstić information content (AvgIpc) is 3.03. The Kier molecular flexibility index (Phi) is 4.01. The van der Waals surface area contributed by atoms with Gasteiger partial charge in [-0.25, -0.2) is 18.5 Å². The highest BCUT2D eigenvalue weighted by atomic mass is 32.2. The van der Waals surface area contributed by atoms with Gasteiger partial charge >= 0.3 is 0 Å². The van der Waals surface area contributed by atoms with Gasteiger partial charge in [0.2, 0.25) is 15.9 Å². The highest BCUT2D eigenvalue weighted by Crippen LogP contribution is 2.30. The van der Waals surface area contributed by atoms with E-state index in [0.29, 0.717) is 12.2 Å². The maximum Gasteiger partial charge on any atom is 0.238 e. The molecule has 0 saturated carbocycles. The van der Waals surface area contributed by atoms with Gasteiger partial charge in [-0.3, -0.25) is 4.79 Å². The molecule has 3 aromatic rings. The summed E-state index contributed by atoms with van der Waals surface area (Å²) in [6.07, 6.45) is 5.34. The van der Waals surface area contributed by atoms with Crippen LogP contribution in [0.5, 0.6) is 0 Å². The first-order valence-electron chi connectivity index (χ1n) is 8.30. The lowest BCUT2D eigenvalue weighted by Crippen LogP contribution is -2.36. The molecule has 2 aromatic heterocycles. The molecule has 0 atom stereocenters. The standard InChI is InChI=1S/C18H18N4O3S/c19-26(24,25)14-6-5-12-3-2-8-22(16(12)10-14)17(23)9-13-11-21-18-15(13)4-1-7-20-18/h1,4-7,10-11H,2-3,8-9H2,(H,20,21)(H2,19,24,25). The van der Waals surface area contributed by atoms with Gasteiger partial charge in [-0.15, -0.1) is 0 Å². The Bertz CT molecular complexity index is 1100. The van der Waals surface area contributed by atoms with E-state index in [1.165, 1.54) is 12.1 Å². The molecule has 8 heteroatoms. The SMILES string of the molecule is NS(=O)(=O)c1ccc2c(c1)N(C(=O)Cc1c[nH]c3ncccc13)CCC2. The molecule has 0 unspecified atom stereocenters. The quantitative estimate of drug-likeness (QED) is 0.732. The van der Waals surface area contributed by atoms with Crippen molar-refractivity contribution in [2.45, 2.75) is 24.2 Å². The summed E-state index contributed by atoms with van der Waals surface area (Å²) >= 11 is 0. The zero-order valence-corrected chi connectivity index (χ0v) is 14.8. The van der Waals surface area contributed by atoms with Crippen molar-refractivity contribution >= 4 is 32.7 Å². The summed E-state index contributed by atoms with van der Waals surface area (Å²) in [7, 11) is -3.82. The second-order valence-electron chi connectivity index (χ2n) is 6.37. The second kappa shape index (κ2) is 6.22. The summed E-state index contributed by atoms with van der Waals surface area (Å²) in [6, 6.07) is 8.49. The lowest BCUT2D eigenvalue weighted by Gasteiger charge is -2.30. The number of hydrogen-bond acceptors (Lipinski definition) is 4. The van der Waals surface area contributed by atoms with E-state index in [4.69, 9.17) is 5.14 Å². The molecular formula is C18H18N4O3S. The third kappa shape index (κ3) is 2.97. The van der Waals surface area contributed by atoms with Gasteiger partial charge in [0.15, 0.2) is 0 Å². The van der Waals surface area contributed by atoms with Crippen molar-refractivity contribution in [1.29, 1.82) is 0 Å². The molecule has 0 spiro atoms. The third-order valence-electron chi connectivity index (χ3n) is 4.68.